The molecule has 0 bridgehead atoms. The molecule has 0 amide bonds. The average Bonchev–Trinajstić information content (AvgIpc) is 3.20. The van der Waals surface area contributed by atoms with Gasteiger partial charge in [0, 0.05) is 21.7 Å². The highest BCUT2D eigenvalue weighted by atomic mass is 35.5. The van der Waals surface area contributed by atoms with Crippen molar-refractivity contribution in [2.45, 2.75) is 0 Å². The van der Waals surface area contributed by atoms with Crippen LogP contribution in [0, 0.1) is 11.2 Å². The monoisotopic (exact) mass is 385 g/mol. The molecule has 0 aliphatic carbocycles. The van der Waals surface area contributed by atoms with Crippen molar-refractivity contribution in [1.29, 1.82) is 5.41 Å². The molecule has 1 aromatic heterocycles. The fourth-order valence-corrected chi connectivity index (χ4v) is 3.83. The SMILES string of the molecule is N=C1C(c2nc(-c3ccc(Cl)cc3)cs2)=C(O)CN1c1cccc(F)c1. The highest BCUT2D eigenvalue weighted by Crippen LogP contribution is 2.34. The second kappa shape index (κ2) is 6.55. The predicted molar refractivity (Wildman–Crippen MR) is 104 cm³/mol. The number of rotatable bonds is 3. The maximum absolute atomic E-state index is 13.5. The lowest BCUT2D eigenvalue weighted by Gasteiger charge is -2.18. The second-order valence-electron chi connectivity index (χ2n) is 5.78. The summed E-state index contributed by atoms with van der Waals surface area (Å²) in [7, 11) is 0. The van der Waals surface area contributed by atoms with Gasteiger partial charge in [-0.15, -0.1) is 11.3 Å². The number of aliphatic hydroxyl groups is 1. The number of aliphatic hydroxyl groups excluding tert-OH is 1. The van der Waals surface area contributed by atoms with Gasteiger partial charge < -0.3 is 10.0 Å². The zero-order valence-corrected chi connectivity index (χ0v) is 15.0. The van der Waals surface area contributed by atoms with Crippen molar-refractivity contribution < 1.29 is 9.50 Å². The normalized spacial score (nSPS) is 14.4. The van der Waals surface area contributed by atoms with Crippen molar-refractivity contribution in [2.75, 3.05) is 11.4 Å². The highest BCUT2D eigenvalue weighted by molar-refractivity contribution is 7.11. The summed E-state index contributed by atoms with van der Waals surface area (Å²) in [5, 5.41) is 21.9. The number of aromatic nitrogens is 1. The quantitative estimate of drug-likeness (QED) is 0.637. The van der Waals surface area contributed by atoms with Crippen LogP contribution in [0.3, 0.4) is 0 Å². The van der Waals surface area contributed by atoms with Crippen LogP contribution in [-0.2, 0) is 0 Å². The Morgan fingerprint density at radius 1 is 1.19 bits per heavy atom. The van der Waals surface area contributed by atoms with Gasteiger partial charge in [0.2, 0.25) is 0 Å². The fourth-order valence-electron chi connectivity index (χ4n) is 2.81. The topological polar surface area (TPSA) is 60.2 Å². The van der Waals surface area contributed by atoms with Crippen molar-refractivity contribution in [3.63, 3.8) is 0 Å². The summed E-state index contributed by atoms with van der Waals surface area (Å²) < 4.78 is 13.5. The van der Waals surface area contributed by atoms with Crippen molar-refractivity contribution in [3.8, 4) is 11.3 Å². The number of nitrogens with one attached hydrogen (secondary N) is 1. The second-order valence-corrected chi connectivity index (χ2v) is 7.08. The van der Waals surface area contributed by atoms with Gasteiger partial charge in [0.05, 0.1) is 17.8 Å². The molecule has 0 saturated carbocycles. The van der Waals surface area contributed by atoms with Gasteiger partial charge in [-0.1, -0.05) is 29.8 Å². The number of thiazole rings is 1. The summed E-state index contributed by atoms with van der Waals surface area (Å²) in [5.41, 5.74) is 2.55. The van der Waals surface area contributed by atoms with E-state index in [1.54, 1.807) is 29.2 Å². The van der Waals surface area contributed by atoms with Crippen LogP contribution in [0.25, 0.3) is 16.8 Å². The third kappa shape index (κ3) is 2.98. The van der Waals surface area contributed by atoms with Crippen LogP contribution in [0.2, 0.25) is 5.02 Å². The smallest absolute Gasteiger partial charge is 0.139 e. The van der Waals surface area contributed by atoms with E-state index >= 15 is 0 Å². The van der Waals surface area contributed by atoms with E-state index in [4.69, 9.17) is 17.0 Å². The van der Waals surface area contributed by atoms with E-state index in [0.717, 1.165) is 11.3 Å². The van der Waals surface area contributed by atoms with E-state index in [2.05, 4.69) is 4.98 Å². The van der Waals surface area contributed by atoms with Crippen LogP contribution in [0.5, 0.6) is 0 Å². The molecule has 2 N–H and O–H groups in total. The molecule has 4 nitrogen and oxygen atoms in total. The zero-order valence-electron chi connectivity index (χ0n) is 13.4. The minimum absolute atomic E-state index is 0.0521. The Labute approximate surface area is 158 Å². The standard InChI is InChI=1S/C19H13ClFN3OS/c20-12-6-4-11(5-7-12)15-10-26-19(23-15)17-16(25)9-24(18(17)22)14-3-1-2-13(21)8-14/h1-8,10,22,25H,9H2. The number of hydrogen-bond acceptors (Lipinski definition) is 4. The van der Waals surface area contributed by atoms with Crippen LogP contribution in [-0.4, -0.2) is 22.5 Å². The summed E-state index contributed by atoms with van der Waals surface area (Å²) in [6.07, 6.45) is 0. The van der Waals surface area contributed by atoms with Crippen LogP contribution in [0.15, 0.2) is 59.7 Å². The van der Waals surface area contributed by atoms with Crippen molar-refractivity contribution in [1.82, 2.24) is 4.98 Å². The number of amidine groups is 1. The Kier molecular flexibility index (Phi) is 4.22. The highest BCUT2D eigenvalue weighted by Gasteiger charge is 2.31. The van der Waals surface area contributed by atoms with E-state index in [0.29, 0.717) is 21.3 Å². The van der Waals surface area contributed by atoms with Crippen LogP contribution in [0.1, 0.15) is 5.01 Å². The molecule has 2 heterocycles. The largest absolute Gasteiger partial charge is 0.510 e. The first-order valence-electron chi connectivity index (χ1n) is 7.79. The van der Waals surface area contributed by atoms with Crippen molar-refractivity contribution in [3.05, 3.63) is 75.5 Å². The molecule has 0 fully saturated rings. The lowest BCUT2D eigenvalue weighted by Crippen LogP contribution is -2.26. The molecule has 0 unspecified atom stereocenters. The van der Waals surface area contributed by atoms with E-state index < -0.39 is 0 Å². The fraction of sp³-hybridized carbons (Fsp3) is 0.0526. The molecule has 3 aromatic rings. The molecule has 1 aliphatic rings. The summed E-state index contributed by atoms with van der Waals surface area (Å²) in [4.78, 5) is 6.11. The van der Waals surface area contributed by atoms with Gasteiger partial charge in [0.1, 0.15) is 22.4 Å². The first-order valence-corrected chi connectivity index (χ1v) is 9.04. The lowest BCUT2D eigenvalue weighted by atomic mass is 10.2. The van der Waals surface area contributed by atoms with Crippen molar-refractivity contribution in [2.24, 2.45) is 0 Å². The third-order valence-corrected chi connectivity index (χ3v) is 5.19. The molecule has 1 aliphatic heterocycles. The summed E-state index contributed by atoms with van der Waals surface area (Å²) >= 11 is 7.26. The van der Waals surface area contributed by atoms with Gasteiger partial charge >= 0.3 is 0 Å². The van der Waals surface area contributed by atoms with Gasteiger partial charge in [-0.25, -0.2) is 9.37 Å². The van der Waals surface area contributed by atoms with E-state index in [9.17, 15) is 9.50 Å². The van der Waals surface area contributed by atoms with Gasteiger partial charge in [0.15, 0.2) is 0 Å². The van der Waals surface area contributed by atoms with E-state index in [-0.39, 0.29) is 24.0 Å². The maximum Gasteiger partial charge on any atom is 0.139 e. The minimum Gasteiger partial charge on any atom is -0.510 e. The summed E-state index contributed by atoms with van der Waals surface area (Å²) in [6, 6.07) is 13.3. The molecule has 2 aromatic carbocycles. The lowest BCUT2D eigenvalue weighted by molar-refractivity contribution is 0.411. The Bertz CT molecular complexity index is 1030. The number of halogens is 2. The summed E-state index contributed by atoms with van der Waals surface area (Å²) in [5.74, 6) is -0.233. The number of nitrogens with zero attached hydrogens (tertiary/aromatic N) is 2. The molecule has 4 rings (SSSR count). The first-order chi connectivity index (χ1) is 12.5. The Balaban J connectivity index is 1.65. The number of hydrogen-bond donors (Lipinski definition) is 2. The Hall–Kier alpha value is -2.70. The third-order valence-electron chi connectivity index (χ3n) is 4.08. The molecular weight excluding hydrogens is 373 g/mol. The summed E-state index contributed by atoms with van der Waals surface area (Å²) in [6.45, 7) is 0.119. The van der Waals surface area contributed by atoms with Gasteiger partial charge in [0.25, 0.3) is 0 Å². The first kappa shape index (κ1) is 16.8. The zero-order chi connectivity index (χ0) is 18.3. The van der Waals surface area contributed by atoms with Crippen LogP contribution >= 0.6 is 22.9 Å². The average molecular weight is 386 g/mol. The Morgan fingerprint density at radius 2 is 1.96 bits per heavy atom. The molecular formula is C19H13ClFN3OS. The van der Waals surface area contributed by atoms with Gasteiger partial charge in [-0.05, 0) is 30.3 Å². The molecule has 26 heavy (non-hydrogen) atoms. The molecule has 7 heteroatoms. The van der Waals surface area contributed by atoms with Crippen LogP contribution in [0.4, 0.5) is 10.1 Å². The molecule has 0 radical (unpaired) electrons. The predicted octanol–water partition coefficient (Wildman–Crippen LogP) is 5.37. The molecule has 0 spiro atoms. The molecule has 130 valence electrons. The Morgan fingerprint density at radius 3 is 2.69 bits per heavy atom. The van der Waals surface area contributed by atoms with E-state index in [1.807, 2.05) is 17.5 Å². The molecule has 0 saturated heterocycles. The van der Waals surface area contributed by atoms with Gasteiger partial charge in [-0.3, -0.25) is 5.41 Å². The number of anilines is 1. The van der Waals surface area contributed by atoms with E-state index in [1.165, 1.54) is 23.5 Å². The minimum atomic E-state index is -0.387. The van der Waals surface area contributed by atoms with Crippen LogP contribution < -0.4 is 4.90 Å². The molecule has 0 atom stereocenters. The number of benzene rings is 2. The van der Waals surface area contributed by atoms with Gasteiger partial charge in [-0.2, -0.15) is 0 Å². The van der Waals surface area contributed by atoms with Crippen molar-refractivity contribution >= 4 is 40.0 Å². The maximum atomic E-state index is 13.5.